The van der Waals surface area contributed by atoms with Gasteiger partial charge in [0.25, 0.3) is 5.56 Å². The Bertz CT molecular complexity index is 804. The molecule has 0 saturated heterocycles. The highest BCUT2D eigenvalue weighted by atomic mass is 79.9. The Kier molecular flexibility index (Phi) is 4.31. The molecule has 2 rings (SSSR count). The third kappa shape index (κ3) is 2.53. The van der Waals surface area contributed by atoms with Crippen LogP contribution in [-0.2, 0) is 16.6 Å². The average Bonchev–Trinajstić information content (AvgIpc) is 2.76. The third-order valence-corrected chi connectivity index (χ3v) is 3.72. The molecule has 8 nitrogen and oxygen atoms in total. The number of halogens is 1. The molecule has 21 heavy (non-hydrogen) atoms. The van der Waals surface area contributed by atoms with Crippen LogP contribution in [0.25, 0.3) is 11.2 Å². The van der Waals surface area contributed by atoms with Gasteiger partial charge in [0, 0.05) is 7.05 Å². The molecule has 1 atom stereocenters. The van der Waals surface area contributed by atoms with Crippen LogP contribution in [0.2, 0.25) is 0 Å². The van der Waals surface area contributed by atoms with Gasteiger partial charge in [-0.3, -0.25) is 18.9 Å². The molecule has 2 aromatic heterocycles. The minimum absolute atomic E-state index is 0.156. The van der Waals surface area contributed by atoms with Crippen LogP contribution < -0.4 is 11.2 Å². The van der Waals surface area contributed by atoms with Crippen molar-refractivity contribution >= 4 is 33.1 Å². The van der Waals surface area contributed by atoms with Crippen LogP contribution in [0.15, 0.2) is 14.3 Å². The normalized spacial score (nSPS) is 12.6. The molecule has 9 heteroatoms. The second kappa shape index (κ2) is 5.84. The van der Waals surface area contributed by atoms with E-state index in [1.165, 1.54) is 16.2 Å². The SMILES string of the molecule is CCOC(=O)[C@H](CC)n1c(Br)nc2c1c(=O)[nH]c(=O)n2C. The second-order valence-electron chi connectivity index (χ2n) is 4.42. The van der Waals surface area contributed by atoms with Gasteiger partial charge in [-0.25, -0.2) is 14.6 Å². The molecule has 0 aromatic carbocycles. The van der Waals surface area contributed by atoms with Gasteiger partial charge in [-0.05, 0) is 29.3 Å². The van der Waals surface area contributed by atoms with Crippen molar-refractivity contribution in [1.29, 1.82) is 0 Å². The number of esters is 1. The van der Waals surface area contributed by atoms with Crippen molar-refractivity contribution in [2.24, 2.45) is 7.05 Å². The van der Waals surface area contributed by atoms with Gasteiger partial charge in [-0.1, -0.05) is 6.92 Å². The quantitative estimate of drug-likeness (QED) is 0.640. The largest absolute Gasteiger partial charge is 0.464 e. The number of H-pyrrole nitrogens is 1. The number of ether oxygens (including phenoxy) is 1. The highest BCUT2D eigenvalue weighted by molar-refractivity contribution is 9.10. The topological polar surface area (TPSA) is 99.0 Å². The van der Waals surface area contributed by atoms with Crippen molar-refractivity contribution in [1.82, 2.24) is 19.1 Å². The molecule has 0 aliphatic rings. The molecular formula is C12H15BrN4O4. The van der Waals surface area contributed by atoms with Crippen molar-refractivity contribution in [3.8, 4) is 0 Å². The molecule has 1 N–H and O–H groups in total. The van der Waals surface area contributed by atoms with E-state index in [-0.39, 0.29) is 17.8 Å². The number of carbonyl (C=O) groups is 1. The number of aromatic amines is 1. The lowest BCUT2D eigenvalue weighted by Gasteiger charge is -2.16. The van der Waals surface area contributed by atoms with Crippen LogP contribution in [0.4, 0.5) is 0 Å². The van der Waals surface area contributed by atoms with Crippen LogP contribution >= 0.6 is 15.9 Å². The standard InChI is InChI=1S/C12H15BrN4O4/c1-4-6(10(19)21-5-2)17-7-8(14-11(17)13)16(3)12(20)15-9(7)18/h6H,4-5H2,1-3H3,(H,15,18,20)/t6-/m0/s1. The molecule has 0 saturated carbocycles. The van der Waals surface area contributed by atoms with Crippen LogP contribution in [0.5, 0.6) is 0 Å². The van der Waals surface area contributed by atoms with E-state index >= 15 is 0 Å². The number of imidazole rings is 1. The monoisotopic (exact) mass is 358 g/mol. The van der Waals surface area contributed by atoms with Gasteiger partial charge in [0.1, 0.15) is 6.04 Å². The van der Waals surface area contributed by atoms with E-state index in [9.17, 15) is 14.4 Å². The first-order chi connectivity index (χ1) is 9.92. The summed E-state index contributed by atoms with van der Waals surface area (Å²) in [6.45, 7) is 3.76. The summed E-state index contributed by atoms with van der Waals surface area (Å²) >= 11 is 3.24. The van der Waals surface area contributed by atoms with Gasteiger partial charge in [0.05, 0.1) is 6.61 Å². The number of aromatic nitrogens is 4. The minimum Gasteiger partial charge on any atom is -0.464 e. The number of hydrogen-bond acceptors (Lipinski definition) is 5. The molecule has 0 aliphatic heterocycles. The molecule has 0 fully saturated rings. The number of fused-ring (bicyclic) bond motifs is 1. The van der Waals surface area contributed by atoms with Crippen molar-refractivity contribution in [3.63, 3.8) is 0 Å². The van der Waals surface area contributed by atoms with Crippen molar-refractivity contribution in [2.75, 3.05) is 6.61 Å². The van der Waals surface area contributed by atoms with E-state index in [4.69, 9.17) is 4.74 Å². The summed E-state index contributed by atoms with van der Waals surface area (Å²) in [7, 11) is 1.50. The number of nitrogens with zero attached hydrogens (tertiary/aromatic N) is 3. The molecule has 0 spiro atoms. The Morgan fingerprint density at radius 1 is 1.43 bits per heavy atom. The van der Waals surface area contributed by atoms with E-state index in [0.29, 0.717) is 11.2 Å². The third-order valence-electron chi connectivity index (χ3n) is 3.16. The average molecular weight is 359 g/mol. The minimum atomic E-state index is -0.692. The van der Waals surface area contributed by atoms with Gasteiger partial charge in [-0.2, -0.15) is 0 Å². The Labute approximate surface area is 127 Å². The second-order valence-corrected chi connectivity index (χ2v) is 5.13. The van der Waals surface area contributed by atoms with Gasteiger partial charge in [0.15, 0.2) is 15.9 Å². The molecule has 0 unspecified atom stereocenters. The van der Waals surface area contributed by atoms with Gasteiger partial charge in [0.2, 0.25) is 0 Å². The maximum absolute atomic E-state index is 12.1. The highest BCUT2D eigenvalue weighted by Gasteiger charge is 2.27. The first-order valence-corrected chi connectivity index (χ1v) is 7.25. The zero-order valence-electron chi connectivity index (χ0n) is 11.8. The van der Waals surface area contributed by atoms with E-state index < -0.39 is 23.3 Å². The fourth-order valence-corrected chi connectivity index (χ4v) is 2.75. The molecular weight excluding hydrogens is 344 g/mol. The molecule has 0 radical (unpaired) electrons. The Balaban J connectivity index is 2.77. The van der Waals surface area contributed by atoms with Crippen LogP contribution in [-0.4, -0.2) is 31.7 Å². The lowest BCUT2D eigenvalue weighted by atomic mass is 10.2. The Morgan fingerprint density at radius 3 is 2.67 bits per heavy atom. The fraction of sp³-hybridized carbons (Fsp3) is 0.500. The highest BCUT2D eigenvalue weighted by Crippen LogP contribution is 2.24. The first kappa shape index (κ1) is 15.5. The fourth-order valence-electron chi connectivity index (χ4n) is 2.15. The summed E-state index contributed by atoms with van der Waals surface area (Å²) in [5, 5.41) is 0. The predicted molar refractivity (Wildman–Crippen MR) is 79.3 cm³/mol. The lowest BCUT2D eigenvalue weighted by Crippen LogP contribution is -2.31. The smallest absolute Gasteiger partial charge is 0.329 e. The summed E-state index contributed by atoms with van der Waals surface area (Å²) in [6.07, 6.45) is 0.422. The summed E-state index contributed by atoms with van der Waals surface area (Å²) in [5.74, 6) is -0.451. The van der Waals surface area contributed by atoms with E-state index in [1.807, 2.05) is 0 Å². The summed E-state index contributed by atoms with van der Waals surface area (Å²) in [6, 6.07) is -0.692. The van der Waals surface area contributed by atoms with Crippen LogP contribution in [0.3, 0.4) is 0 Å². The number of carbonyl (C=O) groups excluding carboxylic acids is 1. The number of aryl methyl sites for hydroxylation is 1. The van der Waals surface area contributed by atoms with E-state index in [1.54, 1.807) is 13.8 Å². The summed E-state index contributed by atoms with van der Waals surface area (Å²) in [4.78, 5) is 42.1. The van der Waals surface area contributed by atoms with Crippen LogP contribution in [0.1, 0.15) is 26.3 Å². The van der Waals surface area contributed by atoms with Gasteiger partial charge in [-0.15, -0.1) is 0 Å². The maximum atomic E-state index is 12.1. The van der Waals surface area contributed by atoms with Crippen LogP contribution in [0, 0.1) is 0 Å². The number of rotatable bonds is 4. The van der Waals surface area contributed by atoms with Crippen molar-refractivity contribution in [2.45, 2.75) is 26.3 Å². The maximum Gasteiger partial charge on any atom is 0.329 e. The Hall–Kier alpha value is -1.90. The van der Waals surface area contributed by atoms with E-state index in [2.05, 4.69) is 25.9 Å². The number of nitrogens with one attached hydrogen (secondary N) is 1. The summed E-state index contributed by atoms with van der Waals surface area (Å²) < 4.78 is 7.99. The van der Waals surface area contributed by atoms with Gasteiger partial charge >= 0.3 is 11.7 Å². The molecule has 0 aliphatic carbocycles. The van der Waals surface area contributed by atoms with Gasteiger partial charge < -0.3 is 4.74 Å². The molecule has 2 aromatic rings. The zero-order chi connectivity index (χ0) is 15.7. The first-order valence-electron chi connectivity index (χ1n) is 6.45. The van der Waals surface area contributed by atoms with Crippen molar-refractivity contribution in [3.05, 3.63) is 25.6 Å². The van der Waals surface area contributed by atoms with E-state index in [0.717, 1.165) is 0 Å². The Morgan fingerprint density at radius 2 is 2.10 bits per heavy atom. The number of hydrogen-bond donors (Lipinski definition) is 1. The predicted octanol–water partition coefficient (Wildman–Crippen LogP) is 0.700. The molecule has 0 bridgehead atoms. The summed E-state index contributed by atoms with van der Waals surface area (Å²) in [5.41, 5.74) is -0.787. The molecule has 114 valence electrons. The zero-order valence-corrected chi connectivity index (χ0v) is 13.4. The van der Waals surface area contributed by atoms with Crippen molar-refractivity contribution < 1.29 is 9.53 Å². The lowest BCUT2D eigenvalue weighted by molar-refractivity contribution is -0.147. The molecule has 2 heterocycles. The molecule has 0 amide bonds.